The molecular weight excluding hydrogens is 327 g/mol. The van der Waals surface area contributed by atoms with E-state index in [9.17, 15) is 4.39 Å². The van der Waals surface area contributed by atoms with Crippen LogP contribution in [0.5, 0.6) is 0 Å². The summed E-state index contributed by atoms with van der Waals surface area (Å²) in [5.74, 6) is 5.95. The summed E-state index contributed by atoms with van der Waals surface area (Å²) < 4.78 is 14.6. The predicted molar refractivity (Wildman–Crippen MR) is 81.3 cm³/mol. The molecule has 0 saturated heterocycles. The fourth-order valence-corrected chi connectivity index (χ4v) is 3.07. The maximum Gasteiger partial charge on any atom is 0.128 e. The predicted octanol–water partition coefficient (Wildman–Crippen LogP) is 3.88. The summed E-state index contributed by atoms with van der Waals surface area (Å²) in [4.78, 5) is 1.14. The third-order valence-corrected chi connectivity index (χ3v) is 4.29. The molecule has 0 aromatic heterocycles. The van der Waals surface area contributed by atoms with Crippen molar-refractivity contribution in [2.24, 2.45) is 5.84 Å². The van der Waals surface area contributed by atoms with Gasteiger partial charge in [0.25, 0.3) is 0 Å². The van der Waals surface area contributed by atoms with E-state index in [0.29, 0.717) is 11.3 Å². The van der Waals surface area contributed by atoms with Crippen molar-refractivity contribution < 1.29 is 4.39 Å². The van der Waals surface area contributed by atoms with E-state index >= 15 is 0 Å². The van der Waals surface area contributed by atoms with Gasteiger partial charge in [-0.3, -0.25) is 11.3 Å². The number of hydrazine groups is 1. The topological polar surface area (TPSA) is 38.0 Å². The molecule has 1 atom stereocenters. The molecule has 0 heterocycles. The molecule has 0 radical (unpaired) electrons. The highest BCUT2D eigenvalue weighted by Crippen LogP contribution is 2.27. The molecule has 0 aliphatic heterocycles. The quantitative estimate of drug-likeness (QED) is 0.492. The first-order chi connectivity index (χ1) is 9.20. The van der Waals surface area contributed by atoms with Crippen LogP contribution in [0, 0.1) is 5.82 Å². The molecule has 0 saturated carbocycles. The van der Waals surface area contributed by atoms with Gasteiger partial charge in [0.15, 0.2) is 0 Å². The van der Waals surface area contributed by atoms with E-state index in [0.717, 1.165) is 9.37 Å². The third kappa shape index (κ3) is 4.04. The summed E-state index contributed by atoms with van der Waals surface area (Å²) in [5.41, 5.74) is 3.24. The van der Waals surface area contributed by atoms with E-state index in [2.05, 4.69) is 21.4 Å². The van der Waals surface area contributed by atoms with Gasteiger partial charge >= 0.3 is 0 Å². The summed E-state index contributed by atoms with van der Waals surface area (Å²) in [6.45, 7) is 0. The number of nitrogens with two attached hydrogens (primary N) is 1. The SMILES string of the molecule is NNC(CSc1ccccc1)c1cc(Br)ccc1F. The smallest absolute Gasteiger partial charge is 0.128 e. The van der Waals surface area contributed by atoms with Gasteiger partial charge in [0.2, 0.25) is 0 Å². The molecule has 1 unspecified atom stereocenters. The Bertz CT molecular complexity index is 536. The Morgan fingerprint density at radius 1 is 1.21 bits per heavy atom. The van der Waals surface area contributed by atoms with Crippen LogP contribution in [-0.4, -0.2) is 5.75 Å². The molecule has 2 nitrogen and oxygen atoms in total. The maximum absolute atomic E-state index is 13.8. The lowest BCUT2D eigenvalue weighted by Gasteiger charge is -2.17. The van der Waals surface area contributed by atoms with Crippen molar-refractivity contribution in [3.8, 4) is 0 Å². The highest BCUT2D eigenvalue weighted by Gasteiger charge is 2.15. The van der Waals surface area contributed by atoms with E-state index < -0.39 is 0 Å². The average Bonchev–Trinajstić information content (AvgIpc) is 2.44. The standard InChI is InChI=1S/C14H14BrFN2S/c15-10-6-7-13(16)12(8-10)14(18-17)9-19-11-4-2-1-3-5-11/h1-8,14,18H,9,17H2. The molecule has 5 heteroatoms. The van der Waals surface area contributed by atoms with Gasteiger partial charge in [-0.2, -0.15) is 0 Å². The van der Waals surface area contributed by atoms with Crippen molar-refractivity contribution >= 4 is 27.7 Å². The number of thioether (sulfide) groups is 1. The van der Waals surface area contributed by atoms with Gasteiger partial charge < -0.3 is 0 Å². The largest absolute Gasteiger partial charge is 0.271 e. The first-order valence-electron chi connectivity index (χ1n) is 5.79. The number of hydrogen-bond acceptors (Lipinski definition) is 3. The third-order valence-electron chi connectivity index (χ3n) is 2.69. The molecule has 3 N–H and O–H groups in total. The molecule has 2 aromatic carbocycles. The molecular formula is C14H14BrFN2S. The first-order valence-corrected chi connectivity index (χ1v) is 7.57. The molecule has 0 amide bonds. The Morgan fingerprint density at radius 3 is 2.63 bits per heavy atom. The summed E-state index contributed by atoms with van der Waals surface area (Å²) in [5, 5.41) is 0. The van der Waals surface area contributed by atoms with Gasteiger partial charge in [0.1, 0.15) is 5.82 Å². The second-order valence-electron chi connectivity index (χ2n) is 4.01. The lowest BCUT2D eigenvalue weighted by Crippen LogP contribution is -2.30. The maximum atomic E-state index is 13.8. The van der Waals surface area contributed by atoms with Crippen LogP contribution in [0.15, 0.2) is 57.9 Å². The number of halogens is 2. The van der Waals surface area contributed by atoms with E-state index in [1.807, 2.05) is 30.3 Å². The zero-order valence-corrected chi connectivity index (χ0v) is 12.5. The molecule has 0 aliphatic rings. The molecule has 0 fully saturated rings. The van der Waals surface area contributed by atoms with Gasteiger partial charge in [0, 0.05) is 20.7 Å². The Balaban J connectivity index is 2.10. The minimum absolute atomic E-state index is 0.234. The number of rotatable bonds is 5. The van der Waals surface area contributed by atoms with Gasteiger partial charge in [-0.05, 0) is 30.3 Å². The van der Waals surface area contributed by atoms with E-state index in [4.69, 9.17) is 5.84 Å². The normalized spacial score (nSPS) is 12.4. The van der Waals surface area contributed by atoms with Crippen LogP contribution >= 0.6 is 27.7 Å². The molecule has 2 rings (SSSR count). The number of nitrogens with one attached hydrogen (secondary N) is 1. The van der Waals surface area contributed by atoms with Crippen LogP contribution in [0.4, 0.5) is 4.39 Å². The Labute approximate surface area is 124 Å². The monoisotopic (exact) mass is 340 g/mol. The molecule has 0 spiro atoms. The Morgan fingerprint density at radius 2 is 1.95 bits per heavy atom. The van der Waals surface area contributed by atoms with E-state index in [1.54, 1.807) is 23.9 Å². The number of benzene rings is 2. The van der Waals surface area contributed by atoms with Gasteiger partial charge in [-0.15, -0.1) is 11.8 Å². The highest BCUT2D eigenvalue weighted by molar-refractivity contribution is 9.10. The lowest BCUT2D eigenvalue weighted by atomic mass is 10.1. The van der Waals surface area contributed by atoms with Crippen molar-refractivity contribution in [1.29, 1.82) is 0 Å². The van der Waals surface area contributed by atoms with Crippen LogP contribution in [0.2, 0.25) is 0 Å². The van der Waals surface area contributed by atoms with E-state index in [-0.39, 0.29) is 11.9 Å². The second-order valence-corrected chi connectivity index (χ2v) is 6.02. The van der Waals surface area contributed by atoms with Crippen LogP contribution in [-0.2, 0) is 0 Å². The van der Waals surface area contributed by atoms with Crippen LogP contribution < -0.4 is 11.3 Å². The zero-order chi connectivity index (χ0) is 13.7. The fourth-order valence-electron chi connectivity index (χ4n) is 1.71. The zero-order valence-electron chi connectivity index (χ0n) is 10.1. The summed E-state index contributed by atoms with van der Waals surface area (Å²) in [6, 6.07) is 14.6. The molecule has 0 bridgehead atoms. The fraction of sp³-hybridized carbons (Fsp3) is 0.143. The van der Waals surface area contributed by atoms with Crippen molar-refractivity contribution in [3.63, 3.8) is 0 Å². The average molecular weight is 341 g/mol. The lowest BCUT2D eigenvalue weighted by molar-refractivity contribution is 0.546. The van der Waals surface area contributed by atoms with Gasteiger partial charge in [-0.25, -0.2) is 4.39 Å². The van der Waals surface area contributed by atoms with Gasteiger partial charge in [-0.1, -0.05) is 34.1 Å². The summed E-state index contributed by atoms with van der Waals surface area (Å²) in [7, 11) is 0. The van der Waals surface area contributed by atoms with E-state index in [1.165, 1.54) is 6.07 Å². The Kier molecular flexibility index (Phi) is 5.39. The first kappa shape index (κ1) is 14.5. The molecule has 2 aromatic rings. The second kappa shape index (κ2) is 7.05. The number of hydrogen-bond donors (Lipinski definition) is 2. The molecule has 19 heavy (non-hydrogen) atoms. The minimum atomic E-state index is -0.250. The summed E-state index contributed by atoms with van der Waals surface area (Å²) >= 11 is 4.99. The van der Waals surface area contributed by atoms with Crippen LogP contribution in [0.3, 0.4) is 0 Å². The van der Waals surface area contributed by atoms with Crippen molar-refractivity contribution in [3.05, 3.63) is 64.4 Å². The highest BCUT2D eigenvalue weighted by atomic mass is 79.9. The molecule has 0 aliphatic carbocycles. The van der Waals surface area contributed by atoms with Crippen molar-refractivity contribution in [2.75, 3.05) is 5.75 Å². The van der Waals surface area contributed by atoms with Gasteiger partial charge in [0.05, 0.1) is 6.04 Å². The minimum Gasteiger partial charge on any atom is -0.271 e. The van der Waals surface area contributed by atoms with Crippen LogP contribution in [0.25, 0.3) is 0 Å². The van der Waals surface area contributed by atoms with Crippen LogP contribution in [0.1, 0.15) is 11.6 Å². The Hall–Kier alpha value is -0.880. The molecule has 100 valence electrons. The van der Waals surface area contributed by atoms with Crippen molar-refractivity contribution in [1.82, 2.24) is 5.43 Å². The van der Waals surface area contributed by atoms with Crippen molar-refractivity contribution in [2.45, 2.75) is 10.9 Å². The summed E-state index contributed by atoms with van der Waals surface area (Å²) in [6.07, 6.45) is 0.